The van der Waals surface area contributed by atoms with Gasteiger partial charge in [-0.3, -0.25) is 10.1 Å². The number of ether oxygens (including phenoxy) is 2. The van der Waals surface area contributed by atoms with Gasteiger partial charge >= 0.3 is 5.97 Å². The number of methoxy groups -OCH3 is 1. The number of esters is 1. The molecule has 0 radical (unpaired) electrons. The van der Waals surface area contributed by atoms with Crippen molar-refractivity contribution in [1.29, 1.82) is 0 Å². The summed E-state index contributed by atoms with van der Waals surface area (Å²) in [7, 11) is 1.62. The SMILES string of the molecule is C=CCNC(C)(Cc1ccccc1OC)C(=O)OCC. The van der Waals surface area contributed by atoms with E-state index in [4.69, 9.17) is 9.47 Å². The highest BCUT2D eigenvalue weighted by molar-refractivity contribution is 5.81. The van der Waals surface area contributed by atoms with Crippen molar-refractivity contribution in [3.63, 3.8) is 0 Å². The molecule has 0 bridgehead atoms. The highest BCUT2D eigenvalue weighted by Crippen LogP contribution is 2.23. The van der Waals surface area contributed by atoms with Gasteiger partial charge in [-0.15, -0.1) is 6.58 Å². The van der Waals surface area contributed by atoms with Gasteiger partial charge in [-0.25, -0.2) is 0 Å². The second kappa shape index (κ2) is 7.70. The predicted octanol–water partition coefficient (Wildman–Crippen LogP) is 2.34. The molecule has 1 unspecified atom stereocenters. The molecule has 4 nitrogen and oxygen atoms in total. The molecular formula is C16H23NO3. The summed E-state index contributed by atoms with van der Waals surface area (Å²) in [5.41, 5.74) is 0.154. The number of rotatable bonds is 8. The third-order valence-corrected chi connectivity index (χ3v) is 3.10. The Hall–Kier alpha value is -1.81. The monoisotopic (exact) mass is 277 g/mol. The molecule has 1 atom stereocenters. The van der Waals surface area contributed by atoms with Crippen LogP contribution >= 0.6 is 0 Å². The van der Waals surface area contributed by atoms with E-state index in [1.165, 1.54) is 0 Å². The van der Waals surface area contributed by atoms with Gasteiger partial charge in [-0.1, -0.05) is 24.3 Å². The number of benzene rings is 1. The molecule has 0 aliphatic carbocycles. The zero-order valence-electron chi connectivity index (χ0n) is 12.4. The quantitative estimate of drug-likeness (QED) is 0.585. The topological polar surface area (TPSA) is 47.6 Å². The number of carbonyl (C=O) groups excluding carboxylic acids is 1. The summed E-state index contributed by atoms with van der Waals surface area (Å²) in [5.74, 6) is 0.496. The molecule has 0 amide bonds. The average Bonchev–Trinajstić information content (AvgIpc) is 2.46. The van der Waals surface area contributed by atoms with Crippen LogP contribution in [0.1, 0.15) is 19.4 Å². The van der Waals surface area contributed by atoms with Crippen LogP contribution in [0.15, 0.2) is 36.9 Å². The molecule has 1 aromatic carbocycles. The molecule has 1 aromatic rings. The summed E-state index contributed by atoms with van der Waals surface area (Å²) in [6.45, 7) is 8.19. The smallest absolute Gasteiger partial charge is 0.326 e. The van der Waals surface area contributed by atoms with E-state index in [0.29, 0.717) is 19.6 Å². The lowest BCUT2D eigenvalue weighted by molar-refractivity contribution is -0.150. The first kappa shape index (κ1) is 16.2. The summed E-state index contributed by atoms with van der Waals surface area (Å²) in [4.78, 5) is 12.2. The largest absolute Gasteiger partial charge is 0.496 e. The fourth-order valence-corrected chi connectivity index (χ4v) is 2.02. The molecule has 0 aliphatic heterocycles. The summed E-state index contributed by atoms with van der Waals surface area (Å²) >= 11 is 0. The minimum atomic E-state index is -0.807. The molecule has 0 spiro atoms. The van der Waals surface area contributed by atoms with Crippen molar-refractivity contribution >= 4 is 5.97 Å². The molecule has 0 saturated carbocycles. The Morgan fingerprint density at radius 2 is 2.15 bits per heavy atom. The molecule has 1 rings (SSSR count). The van der Waals surface area contributed by atoms with E-state index >= 15 is 0 Å². The van der Waals surface area contributed by atoms with Crippen LogP contribution in [-0.2, 0) is 16.0 Å². The molecule has 0 aromatic heterocycles. The van der Waals surface area contributed by atoms with Crippen LogP contribution < -0.4 is 10.1 Å². The van der Waals surface area contributed by atoms with Gasteiger partial charge in [0.1, 0.15) is 11.3 Å². The standard InChI is InChI=1S/C16H23NO3/c1-5-11-17-16(3,15(18)20-6-2)12-13-9-7-8-10-14(13)19-4/h5,7-10,17H,1,6,11-12H2,2-4H3. The second-order valence-corrected chi connectivity index (χ2v) is 4.71. The Morgan fingerprint density at radius 3 is 2.75 bits per heavy atom. The van der Waals surface area contributed by atoms with E-state index in [2.05, 4.69) is 11.9 Å². The lowest BCUT2D eigenvalue weighted by Crippen LogP contribution is -2.52. The van der Waals surface area contributed by atoms with Gasteiger partial charge in [0.05, 0.1) is 13.7 Å². The fourth-order valence-electron chi connectivity index (χ4n) is 2.02. The van der Waals surface area contributed by atoms with Crippen LogP contribution in [-0.4, -0.2) is 31.8 Å². The number of hydrogen-bond acceptors (Lipinski definition) is 4. The maximum atomic E-state index is 12.2. The van der Waals surface area contributed by atoms with Crippen LogP contribution in [0.2, 0.25) is 0 Å². The zero-order chi connectivity index (χ0) is 15.0. The van der Waals surface area contributed by atoms with E-state index in [-0.39, 0.29) is 5.97 Å². The molecule has 0 heterocycles. The van der Waals surface area contributed by atoms with Crippen molar-refractivity contribution in [2.45, 2.75) is 25.8 Å². The lowest BCUT2D eigenvalue weighted by atomic mass is 9.92. The Balaban J connectivity index is 2.99. The maximum Gasteiger partial charge on any atom is 0.326 e. The van der Waals surface area contributed by atoms with E-state index in [1.807, 2.05) is 31.2 Å². The van der Waals surface area contributed by atoms with Crippen molar-refractivity contribution in [2.24, 2.45) is 0 Å². The van der Waals surface area contributed by atoms with Crippen LogP contribution in [0.5, 0.6) is 5.75 Å². The first-order valence-electron chi connectivity index (χ1n) is 6.72. The fraction of sp³-hybridized carbons (Fsp3) is 0.438. The first-order chi connectivity index (χ1) is 9.57. The molecule has 0 fully saturated rings. The summed E-state index contributed by atoms with van der Waals surface area (Å²) in [6, 6.07) is 7.67. The van der Waals surface area contributed by atoms with Gasteiger partial charge in [0.2, 0.25) is 0 Å². The molecule has 110 valence electrons. The molecule has 1 N–H and O–H groups in total. The summed E-state index contributed by atoms with van der Waals surface area (Å²) < 4.78 is 10.5. The van der Waals surface area contributed by atoms with E-state index in [9.17, 15) is 4.79 Å². The molecular weight excluding hydrogens is 254 g/mol. The predicted molar refractivity (Wildman–Crippen MR) is 79.9 cm³/mol. The number of carbonyl (C=O) groups is 1. The van der Waals surface area contributed by atoms with Gasteiger partial charge < -0.3 is 9.47 Å². The maximum absolute atomic E-state index is 12.2. The minimum Gasteiger partial charge on any atom is -0.496 e. The van der Waals surface area contributed by atoms with E-state index in [0.717, 1.165) is 11.3 Å². The molecule has 0 aliphatic rings. The molecule has 4 heteroatoms. The van der Waals surface area contributed by atoms with Crippen LogP contribution in [0, 0.1) is 0 Å². The second-order valence-electron chi connectivity index (χ2n) is 4.71. The van der Waals surface area contributed by atoms with Crippen LogP contribution in [0.3, 0.4) is 0 Å². The Kier molecular flexibility index (Phi) is 6.25. The van der Waals surface area contributed by atoms with E-state index in [1.54, 1.807) is 20.1 Å². The van der Waals surface area contributed by atoms with Crippen molar-refractivity contribution in [3.8, 4) is 5.75 Å². The van der Waals surface area contributed by atoms with E-state index < -0.39 is 5.54 Å². The lowest BCUT2D eigenvalue weighted by Gasteiger charge is -2.28. The number of nitrogens with one attached hydrogen (secondary N) is 1. The normalized spacial score (nSPS) is 13.3. The van der Waals surface area contributed by atoms with Gasteiger partial charge in [-0.2, -0.15) is 0 Å². The van der Waals surface area contributed by atoms with Gasteiger partial charge in [0.15, 0.2) is 0 Å². The molecule has 0 saturated heterocycles. The van der Waals surface area contributed by atoms with Crippen molar-refractivity contribution < 1.29 is 14.3 Å². The number of para-hydroxylation sites is 1. The summed E-state index contributed by atoms with van der Waals surface area (Å²) in [6.07, 6.45) is 2.21. The van der Waals surface area contributed by atoms with Gasteiger partial charge in [0, 0.05) is 13.0 Å². The first-order valence-corrected chi connectivity index (χ1v) is 6.72. The average molecular weight is 277 g/mol. The third kappa shape index (κ3) is 4.10. The highest BCUT2D eigenvalue weighted by atomic mass is 16.5. The van der Waals surface area contributed by atoms with Gasteiger partial charge in [-0.05, 0) is 25.5 Å². The van der Waals surface area contributed by atoms with Crippen LogP contribution in [0.25, 0.3) is 0 Å². The third-order valence-electron chi connectivity index (χ3n) is 3.10. The zero-order valence-corrected chi connectivity index (χ0v) is 12.4. The summed E-state index contributed by atoms with van der Waals surface area (Å²) in [5, 5.41) is 3.18. The minimum absolute atomic E-state index is 0.271. The number of hydrogen-bond donors (Lipinski definition) is 1. The Morgan fingerprint density at radius 1 is 1.45 bits per heavy atom. The Bertz CT molecular complexity index is 459. The van der Waals surface area contributed by atoms with Gasteiger partial charge in [0.25, 0.3) is 0 Å². The molecule has 20 heavy (non-hydrogen) atoms. The Labute approximate surface area is 120 Å². The highest BCUT2D eigenvalue weighted by Gasteiger charge is 2.34. The van der Waals surface area contributed by atoms with Crippen LogP contribution in [0.4, 0.5) is 0 Å². The van der Waals surface area contributed by atoms with Crippen molar-refractivity contribution in [3.05, 3.63) is 42.5 Å². The van der Waals surface area contributed by atoms with Crippen molar-refractivity contribution in [1.82, 2.24) is 5.32 Å². The van der Waals surface area contributed by atoms with Crippen molar-refractivity contribution in [2.75, 3.05) is 20.3 Å².